The molecule has 15 heavy (non-hydrogen) atoms. The second-order valence-electron chi connectivity index (χ2n) is 2.74. The lowest BCUT2D eigenvalue weighted by molar-refractivity contribution is -0.132. The van der Waals surface area contributed by atoms with Crippen LogP contribution < -0.4 is 0 Å². The Labute approximate surface area is 85.4 Å². The van der Waals surface area contributed by atoms with Crippen molar-refractivity contribution in [1.29, 1.82) is 0 Å². The molecule has 0 saturated carbocycles. The summed E-state index contributed by atoms with van der Waals surface area (Å²) in [5.74, 6) is -1.40. The van der Waals surface area contributed by atoms with Crippen molar-refractivity contribution in [2.75, 3.05) is 0 Å². The van der Waals surface area contributed by atoms with E-state index in [1.54, 1.807) is 0 Å². The number of carboxylic acids is 1. The van der Waals surface area contributed by atoms with E-state index in [2.05, 4.69) is 6.58 Å². The molecule has 84 valence electrons. The zero-order chi connectivity index (χ0) is 12.1. The van der Waals surface area contributed by atoms with Gasteiger partial charge in [-0.15, -0.1) is 0 Å². The van der Waals surface area contributed by atoms with E-state index in [1.807, 2.05) is 0 Å². The highest BCUT2D eigenvalue weighted by Gasteiger charge is 2.29. The molecule has 0 aromatic carbocycles. The van der Waals surface area contributed by atoms with Gasteiger partial charge in [-0.3, -0.25) is 0 Å². The molecule has 0 bridgehead atoms. The second kappa shape index (κ2) is 5.38. The first-order chi connectivity index (χ1) is 6.81. The van der Waals surface area contributed by atoms with Crippen LogP contribution in [-0.4, -0.2) is 17.3 Å². The SMILES string of the molecule is C=C/C(CC(F)(F)F)=C(\C=C/C)C(=O)O. The van der Waals surface area contributed by atoms with E-state index in [9.17, 15) is 18.0 Å². The minimum Gasteiger partial charge on any atom is -0.478 e. The number of carboxylic acid groups (broad SMARTS) is 1. The molecule has 5 heteroatoms. The summed E-state index contributed by atoms with van der Waals surface area (Å²) in [7, 11) is 0. The maximum Gasteiger partial charge on any atom is 0.393 e. The van der Waals surface area contributed by atoms with Gasteiger partial charge >= 0.3 is 12.1 Å². The summed E-state index contributed by atoms with van der Waals surface area (Å²) in [6.07, 6.45) is -2.33. The van der Waals surface area contributed by atoms with Gasteiger partial charge in [0.15, 0.2) is 0 Å². The van der Waals surface area contributed by atoms with Crippen LogP contribution >= 0.6 is 0 Å². The molecule has 0 unspecified atom stereocenters. The summed E-state index contributed by atoms with van der Waals surface area (Å²) in [6.45, 7) is 4.70. The summed E-state index contributed by atoms with van der Waals surface area (Å²) in [4.78, 5) is 10.7. The van der Waals surface area contributed by atoms with Crippen molar-refractivity contribution in [1.82, 2.24) is 0 Å². The Morgan fingerprint density at radius 1 is 1.47 bits per heavy atom. The van der Waals surface area contributed by atoms with Gasteiger partial charge < -0.3 is 5.11 Å². The van der Waals surface area contributed by atoms with Crippen LogP contribution in [0.2, 0.25) is 0 Å². The third-order valence-corrected chi connectivity index (χ3v) is 1.55. The number of alkyl halides is 3. The number of halogens is 3. The van der Waals surface area contributed by atoms with Crippen molar-refractivity contribution < 1.29 is 23.1 Å². The molecule has 0 aromatic rings. The van der Waals surface area contributed by atoms with Crippen molar-refractivity contribution in [3.05, 3.63) is 36.0 Å². The first-order valence-electron chi connectivity index (χ1n) is 4.10. The van der Waals surface area contributed by atoms with Crippen molar-refractivity contribution >= 4 is 5.97 Å². The van der Waals surface area contributed by atoms with E-state index in [0.29, 0.717) is 0 Å². The van der Waals surface area contributed by atoms with E-state index in [1.165, 1.54) is 13.0 Å². The highest BCUT2D eigenvalue weighted by molar-refractivity contribution is 5.91. The smallest absolute Gasteiger partial charge is 0.393 e. The summed E-state index contributed by atoms with van der Waals surface area (Å²) >= 11 is 0. The molecule has 0 radical (unpaired) electrons. The van der Waals surface area contributed by atoms with Crippen molar-refractivity contribution in [3.8, 4) is 0 Å². The van der Waals surface area contributed by atoms with Gasteiger partial charge in [0.25, 0.3) is 0 Å². The Bertz CT molecular complexity index is 311. The van der Waals surface area contributed by atoms with Crippen LogP contribution in [0.4, 0.5) is 13.2 Å². The fourth-order valence-corrected chi connectivity index (χ4v) is 0.976. The summed E-state index contributed by atoms with van der Waals surface area (Å²) in [6, 6.07) is 0. The van der Waals surface area contributed by atoms with Crippen LogP contribution in [-0.2, 0) is 4.79 Å². The average Bonchev–Trinajstić information content (AvgIpc) is 2.08. The molecular formula is C10H11F3O2. The molecule has 2 nitrogen and oxygen atoms in total. The lowest BCUT2D eigenvalue weighted by atomic mass is 10.0. The van der Waals surface area contributed by atoms with Crippen molar-refractivity contribution in [2.45, 2.75) is 19.5 Å². The highest BCUT2D eigenvalue weighted by atomic mass is 19.4. The van der Waals surface area contributed by atoms with E-state index >= 15 is 0 Å². The molecule has 0 aliphatic heterocycles. The standard InChI is InChI=1S/C10H11F3O2/c1-3-5-8(9(14)15)7(4-2)6-10(11,12)13/h3-5H,2,6H2,1H3,(H,14,15)/b5-3-,8-7-. The Kier molecular flexibility index (Phi) is 4.84. The Balaban J connectivity index is 5.24. The van der Waals surface area contributed by atoms with E-state index in [-0.39, 0.29) is 11.1 Å². The fraction of sp³-hybridized carbons (Fsp3) is 0.300. The van der Waals surface area contributed by atoms with Gasteiger partial charge in [-0.05, 0) is 12.5 Å². The number of rotatable bonds is 4. The minimum atomic E-state index is -4.44. The predicted molar refractivity (Wildman–Crippen MR) is 50.3 cm³/mol. The molecule has 1 N–H and O–H groups in total. The average molecular weight is 220 g/mol. The minimum absolute atomic E-state index is 0.340. The molecule has 0 amide bonds. The molecule has 0 heterocycles. The zero-order valence-corrected chi connectivity index (χ0v) is 8.14. The zero-order valence-electron chi connectivity index (χ0n) is 8.14. The van der Waals surface area contributed by atoms with Crippen LogP contribution in [0.25, 0.3) is 0 Å². The van der Waals surface area contributed by atoms with Gasteiger partial charge in [-0.1, -0.05) is 24.8 Å². The van der Waals surface area contributed by atoms with E-state index < -0.39 is 18.6 Å². The molecule has 0 rings (SSSR count). The monoisotopic (exact) mass is 220 g/mol. The van der Waals surface area contributed by atoms with E-state index in [0.717, 1.165) is 12.2 Å². The maximum absolute atomic E-state index is 12.1. The van der Waals surface area contributed by atoms with Gasteiger partial charge in [0.2, 0.25) is 0 Å². The van der Waals surface area contributed by atoms with Crippen molar-refractivity contribution in [3.63, 3.8) is 0 Å². The van der Waals surface area contributed by atoms with Gasteiger partial charge in [0.05, 0.1) is 12.0 Å². The predicted octanol–water partition coefficient (Wildman–Crippen LogP) is 3.08. The molecular weight excluding hydrogens is 209 g/mol. The van der Waals surface area contributed by atoms with Crippen LogP contribution in [0, 0.1) is 0 Å². The third kappa shape index (κ3) is 5.05. The summed E-state index contributed by atoms with van der Waals surface area (Å²) < 4.78 is 36.2. The lowest BCUT2D eigenvalue weighted by Crippen LogP contribution is -2.11. The van der Waals surface area contributed by atoms with Gasteiger partial charge in [0, 0.05) is 0 Å². The number of hydrogen-bond donors (Lipinski definition) is 1. The van der Waals surface area contributed by atoms with Crippen LogP contribution in [0.15, 0.2) is 36.0 Å². The third-order valence-electron chi connectivity index (χ3n) is 1.55. The number of aliphatic carboxylic acids is 1. The maximum atomic E-state index is 12.1. The first-order valence-corrected chi connectivity index (χ1v) is 4.10. The fourth-order valence-electron chi connectivity index (χ4n) is 0.976. The summed E-state index contributed by atoms with van der Waals surface area (Å²) in [5.41, 5.74) is -0.724. The second-order valence-corrected chi connectivity index (χ2v) is 2.74. The molecule has 0 spiro atoms. The largest absolute Gasteiger partial charge is 0.478 e. The number of carbonyl (C=O) groups is 1. The van der Waals surface area contributed by atoms with Crippen molar-refractivity contribution in [2.24, 2.45) is 0 Å². The van der Waals surface area contributed by atoms with Crippen LogP contribution in [0.5, 0.6) is 0 Å². The van der Waals surface area contributed by atoms with E-state index in [4.69, 9.17) is 5.11 Å². The molecule has 0 aliphatic carbocycles. The summed E-state index contributed by atoms with van der Waals surface area (Å²) in [5, 5.41) is 8.68. The molecule has 0 fully saturated rings. The van der Waals surface area contributed by atoms with Crippen LogP contribution in [0.1, 0.15) is 13.3 Å². The molecule has 0 atom stereocenters. The topological polar surface area (TPSA) is 37.3 Å². The number of allylic oxidation sites excluding steroid dienone is 3. The first kappa shape index (κ1) is 13.5. The Hall–Kier alpha value is -1.52. The molecule has 0 saturated heterocycles. The van der Waals surface area contributed by atoms with Gasteiger partial charge in [-0.25, -0.2) is 4.79 Å². The molecule has 0 aromatic heterocycles. The number of hydrogen-bond acceptors (Lipinski definition) is 1. The highest BCUT2D eigenvalue weighted by Crippen LogP contribution is 2.27. The van der Waals surface area contributed by atoms with Gasteiger partial charge in [-0.2, -0.15) is 13.2 Å². The Morgan fingerprint density at radius 3 is 2.27 bits per heavy atom. The van der Waals surface area contributed by atoms with Gasteiger partial charge in [0.1, 0.15) is 0 Å². The van der Waals surface area contributed by atoms with Crippen LogP contribution in [0.3, 0.4) is 0 Å². The lowest BCUT2D eigenvalue weighted by Gasteiger charge is -2.08. The normalized spacial score (nSPS) is 13.9. The quantitative estimate of drug-likeness (QED) is 0.584. The molecule has 0 aliphatic rings. The Morgan fingerprint density at radius 2 is 2.00 bits per heavy atom.